The molecule has 106 valence electrons. The average molecular weight is 297 g/mol. The quantitative estimate of drug-likeness (QED) is 0.557. The lowest BCUT2D eigenvalue weighted by molar-refractivity contribution is 0.638. The molecule has 1 atom stereocenters. The molecule has 0 amide bonds. The number of hydrazine groups is 1. The molecule has 0 spiro atoms. The van der Waals surface area contributed by atoms with Gasteiger partial charge in [-0.3, -0.25) is 5.84 Å². The molecule has 3 heteroatoms. The fourth-order valence-corrected chi connectivity index (χ4v) is 2.95. The van der Waals surface area contributed by atoms with Gasteiger partial charge in [-0.15, -0.1) is 0 Å². The highest BCUT2D eigenvalue weighted by molar-refractivity contribution is 6.30. The van der Waals surface area contributed by atoms with E-state index in [0.717, 1.165) is 21.7 Å². The number of hydrogen-bond acceptors (Lipinski definition) is 2. The van der Waals surface area contributed by atoms with E-state index in [1.807, 2.05) is 30.3 Å². The second-order valence-electron chi connectivity index (χ2n) is 5.17. The Balaban J connectivity index is 2.21. The second-order valence-corrected chi connectivity index (χ2v) is 5.61. The Morgan fingerprint density at radius 2 is 1.71 bits per heavy atom. The van der Waals surface area contributed by atoms with Crippen molar-refractivity contribution in [3.05, 3.63) is 82.4 Å². The maximum absolute atomic E-state index is 6.15. The van der Waals surface area contributed by atoms with Gasteiger partial charge in [-0.2, -0.15) is 0 Å². The van der Waals surface area contributed by atoms with E-state index in [1.54, 1.807) is 0 Å². The summed E-state index contributed by atoms with van der Waals surface area (Å²) in [5.41, 5.74) is 6.35. The molecule has 3 rings (SSSR count). The topological polar surface area (TPSA) is 38.0 Å². The molecule has 0 saturated heterocycles. The van der Waals surface area contributed by atoms with Gasteiger partial charge in [0.15, 0.2) is 0 Å². The Morgan fingerprint density at radius 3 is 2.52 bits per heavy atom. The van der Waals surface area contributed by atoms with E-state index < -0.39 is 0 Å². The number of halogens is 1. The van der Waals surface area contributed by atoms with Crippen molar-refractivity contribution in [2.75, 3.05) is 0 Å². The molecule has 3 aromatic rings. The van der Waals surface area contributed by atoms with Gasteiger partial charge in [-0.25, -0.2) is 5.43 Å². The van der Waals surface area contributed by atoms with E-state index in [0.29, 0.717) is 0 Å². The van der Waals surface area contributed by atoms with E-state index in [9.17, 15) is 0 Å². The van der Waals surface area contributed by atoms with Crippen LogP contribution in [0, 0.1) is 6.92 Å². The van der Waals surface area contributed by atoms with Crippen LogP contribution in [0.25, 0.3) is 10.8 Å². The van der Waals surface area contributed by atoms with Crippen LogP contribution >= 0.6 is 11.6 Å². The molecule has 21 heavy (non-hydrogen) atoms. The minimum atomic E-state index is -0.0881. The molecule has 0 heterocycles. The Hall–Kier alpha value is -1.87. The maximum Gasteiger partial charge on any atom is 0.0719 e. The maximum atomic E-state index is 6.15. The fourth-order valence-electron chi connectivity index (χ4n) is 2.77. The summed E-state index contributed by atoms with van der Waals surface area (Å²) in [6.45, 7) is 2.07. The van der Waals surface area contributed by atoms with Gasteiger partial charge in [0.05, 0.1) is 6.04 Å². The Labute approximate surface area is 129 Å². The molecule has 0 saturated carbocycles. The predicted octanol–water partition coefficient (Wildman–Crippen LogP) is 4.35. The third-order valence-electron chi connectivity index (χ3n) is 3.85. The van der Waals surface area contributed by atoms with Gasteiger partial charge < -0.3 is 0 Å². The molecule has 0 aliphatic carbocycles. The summed E-state index contributed by atoms with van der Waals surface area (Å²) in [6.07, 6.45) is 0. The molecule has 2 nitrogen and oxygen atoms in total. The number of fused-ring (bicyclic) bond motifs is 1. The van der Waals surface area contributed by atoms with Crippen molar-refractivity contribution < 1.29 is 0 Å². The number of nitrogens with two attached hydrogens (primary N) is 1. The zero-order valence-electron chi connectivity index (χ0n) is 11.8. The summed E-state index contributed by atoms with van der Waals surface area (Å²) < 4.78 is 0. The first-order valence-corrected chi connectivity index (χ1v) is 7.28. The zero-order valence-corrected chi connectivity index (χ0v) is 12.6. The fraction of sp³-hybridized carbons (Fsp3) is 0.111. The van der Waals surface area contributed by atoms with Crippen molar-refractivity contribution in [1.29, 1.82) is 0 Å². The molecule has 0 aromatic heterocycles. The van der Waals surface area contributed by atoms with Gasteiger partial charge in [-0.05, 0) is 46.5 Å². The third-order valence-corrected chi connectivity index (χ3v) is 4.09. The van der Waals surface area contributed by atoms with E-state index in [1.165, 1.54) is 10.8 Å². The molecule has 3 aromatic carbocycles. The van der Waals surface area contributed by atoms with Crippen LogP contribution in [0.5, 0.6) is 0 Å². The summed E-state index contributed by atoms with van der Waals surface area (Å²) in [5, 5.41) is 3.12. The van der Waals surface area contributed by atoms with Gasteiger partial charge in [-0.1, -0.05) is 60.1 Å². The Bertz CT molecular complexity index is 778. The lowest BCUT2D eigenvalue weighted by Crippen LogP contribution is -2.29. The van der Waals surface area contributed by atoms with Crippen molar-refractivity contribution in [3.63, 3.8) is 0 Å². The summed E-state index contributed by atoms with van der Waals surface area (Å²) in [7, 11) is 0. The van der Waals surface area contributed by atoms with Crippen molar-refractivity contribution in [2.45, 2.75) is 13.0 Å². The Kier molecular flexibility index (Phi) is 3.93. The first-order chi connectivity index (χ1) is 10.2. The largest absolute Gasteiger partial charge is 0.271 e. The molecule has 0 fully saturated rings. The lowest BCUT2D eigenvalue weighted by Gasteiger charge is -2.21. The minimum absolute atomic E-state index is 0.0881. The third kappa shape index (κ3) is 2.66. The van der Waals surface area contributed by atoms with Crippen LogP contribution in [-0.4, -0.2) is 0 Å². The van der Waals surface area contributed by atoms with Gasteiger partial charge in [0, 0.05) is 5.02 Å². The molecule has 1 unspecified atom stereocenters. The smallest absolute Gasteiger partial charge is 0.0719 e. The first-order valence-electron chi connectivity index (χ1n) is 6.90. The molecule has 0 bridgehead atoms. The van der Waals surface area contributed by atoms with Gasteiger partial charge in [0.25, 0.3) is 0 Å². The average Bonchev–Trinajstić information content (AvgIpc) is 2.51. The van der Waals surface area contributed by atoms with Crippen LogP contribution in [-0.2, 0) is 0 Å². The number of aryl methyl sites for hydroxylation is 1. The molecular weight excluding hydrogens is 280 g/mol. The number of benzene rings is 3. The van der Waals surface area contributed by atoms with Crippen molar-refractivity contribution in [1.82, 2.24) is 5.43 Å². The van der Waals surface area contributed by atoms with Crippen LogP contribution in [0.15, 0.2) is 60.7 Å². The van der Waals surface area contributed by atoms with Crippen LogP contribution < -0.4 is 11.3 Å². The van der Waals surface area contributed by atoms with Gasteiger partial charge in [0.1, 0.15) is 0 Å². The SMILES string of the molecule is Cc1ccc(Cl)cc1C(NN)c1cccc2ccccc12. The standard InChI is InChI=1S/C18H17ClN2/c1-12-9-10-14(19)11-17(12)18(21-20)16-8-4-6-13-5-2-3-7-15(13)16/h2-11,18,21H,20H2,1H3. The molecule has 0 radical (unpaired) electrons. The van der Waals surface area contributed by atoms with E-state index in [4.69, 9.17) is 17.4 Å². The second kappa shape index (κ2) is 5.86. The van der Waals surface area contributed by atoms with Crippen molar-refractivity contribution in [2.24, 2.45) is 5.84 Å². The number of rotatable bonds is 3. The van der Waals surface area contributed by atoms with E-state index >= 15 is 0 Å². The highest BCUT2D eigenvalue weighted by Gasteiger charge is 2.17. The summed E-state index contributed by atoms with van der Waals surface area (Å²) in [5.74, 6) is 5.85. The Morgan fingerprint density at radius 1 is 0.952 bits per heavy atom. The molecular formula is C18H17ClN2. The first kappa shape index (κ1) is 14.1. The molecule has 0 aliphatic rings. The minimum Gasteiger partial charge on any atom is -0.271 e. The highest BCUT2D eigenvalue weighted by atomic mass is 35.5. The predicted molar refractivity (Wildman–Crippen MR) is 89.3 cm³/mol. The van der Waals surface area contributed by atoms with Crippen LogP contribution in [0.1, 0.15) is 22.7 Å². The van der Waals surface area contributed by atoms with Gasteiger partial charge >= 0.3 is 0 Å². The van der Waals surface area contributed by atoms with Crippen LogP contribution in [0.4, 0.5) is 0 Å². The lowest BCUT2D eigenvalue weighted by atomic mass is 9.92. The monoisotopic (exact) mass is 296 g/mol. The number of hydrogen-bond donors (Lipinski definition) is 2. The van der Waals surface area contributed by atoms with E-state index in [2.05, 4.69) is 42.7 Å². The summed E-state index contributed by atoms with van der Waals surface area (Å²) in [6, 6.07) is 20.4. The number of nitrogens with one attached hydrogen (secondary N) is 1. The summed E-state index contributed by atoms with van der Waals surface area (Å²) in [4.78, 5) is 0. The summed E-state index contributed by atoms with van der Waals surface area (Å²) >= 11 is 6.15. The highest BCUT2D eigenvalue weighted by Crippen LogP contribution is 2.31. The van der Waals surface area contributed by atoms with Crippen LogP contribution in [0.3, 0.4) is 0 Å². The zero-order chi connectivity index (χ0) is 14.8. The molecule has 0 aliphatic heterocycles. The molecule has 3 N–H and O–H groups in total. The van der Waals surface area contributed by atoms with Crippen molar-refractivity contribution in [3.8, 4) is 0 Å². The van der Waals surface area contributed by atoms with E-state index in [-0.39, 0.29) is 6.04 Å². The normalized spacial score (nSPS) is 12.5. The van der Waals surface area contributed by atoms with Crippen LogP contribution in [0.2, 0.25) is 5.02 Å². The van der Waals surface area contributed by atoms with Gasteiger partial charge in [0.2, 0.25) is 0 Å². The van der Waals surface area contributed by atoms with Crippen molar-refractivity contribution >= 4 is 22.4 Å².